The molecule has 0 bridgehead atoms. The minimum Gasteiger partial charge on any atom is -0.756 e. The molecule has 0 heterocycles. The summed E-state index contributed by atoms with van der Waals surface area (Å²) in [7, 11) is 1.33. The molecule has 2 atom stereocenters. The van der Waals surface area contributed by atoms with Crippen molar-refractivity contribution >= 4 is 13.8 Å². The third-order valence-corrected chi connectivity index (χ3v) is 8.61. The van der Waals surface area contributed by atoms with Crippen LogP contribution in [-0.4, -0.2) is 70.7 Å². The number of unbranched alkanes of at least 4 members (excludes halogenated alkanes) is 12. The number of quaternary nitrogens is 1. The lowest BCUT2D eigenvalue weighted by Gasteiger charge is -2.28. The Balaban J connectivity index is 4.36. The Labute approximate surface area is 295 Å². The van der Waals surface area contributed by atoms with Crippen LogP contribution in [0.4, 0.5) is 0 Å². The first-order chi connectivity index (χ1) is 23.1. The van der Waals surface area contributed by atoms with E-state index in [-0.39, 0.29) is 25.8 Å². The van der Waals surface area contributed by atoms with Gasteiger partial charge in [-0.1, -0.05) is 127 Å². The summed E-state index contributed by atoms with van der Waals surface area (Å²) in [6.07, 6.45) is 36.9. The van der Waals surface area contributed by atoms with Gasteiger partial charge < -0.3 is 27.9 Å². The zero-order valence-corrected chi connectivity index (χ0v) is 32.3. The van der Waals surface area contributed by atoms with Gasteiger partial charge in [0, 0.05) is 13.0 Å². The first-order valence-corrected chi connectivity index (χ1v) is 20.3. The summed E-state index contributed by atoms with van der Waals surface area (Å²) in [5.41, 5.74) is 0. The monoisotopic (exact) mass is 698 g/mol. The van der Waals surface area contributed by atoms with Crippen LogP contribution in [-0.2, 0) is 27.9 Å². The number of ether oxygens (including phenoxy) is 2. The number of rotatable bonds is 34. The highest BCUT2D eigenvalue weighted by Crippen LogP contribution is 2.38. The van der Waals surface area contributed by atoms with Crippen LogP contribution in [0.1, 0.15) is 136 Å². The lowest BCUT2D eigenvalue weighted by atomic mass is 10.1. The number of carbonyl (C=O) groups excluding carboxylic acids is 1. The Hall–Kier alpha value is -1.54. The average Bonchev–Trinajstić information content (AvgIpc) is 3.03. The number of hydrogen-bond acceptors (Lipinski definition) is 7. The lowest BCUT2D eigenvalue weighted by molar-refractivity contribution is -0.870. The molecule has 280 valence electrons. The summed E-state index contributed by atoms with van der Waals surface area (Å²) >= 11 is 0. The fraction of sp³-hybridized carbons (Fsp3) is 0.769. The molecule has 0 radical (unpaired) electrons. The molecule has 0 spiro atoms. The second-order valence-corrected chi connectivity index (χ2v) is 15.0. The van der Waals surface area contributed by atoms with Crippen LogP contribution in [0, 0.1) is 0 Å². The van der Waals surface area contributed by atoms with Crippen molar-refractivity contribution in [3.63, 3.8) is 0 Å². The number of phosphoric ester groups is 1. The Bertz CT molecular complexity index is 911. The van der Waals surface area contributed by atoms with Crippen LogP contribution in [0.25, 0.3) is 0 Å². The predicted octanol–water partition coefficient (Wildman–Crippen LogP) is 9.80. The number of phosphoric acid groups is 1. The van der Waals surface area contributed by atoms with Crippen molar-refractivity contribution in [2.24, 2.45) is 0 Å². The number of nitrogens with zero attached hydrogens (tertiary/aromatic N) is 1. The normalized spacial score (nSPS) is 14.5. The molecule has 0 fully saturated rings. The molecule has 0 amide bonds. The largest absolute Gasteiger partial charge is 0.756 e. The fourth-order valence-electron chi connectivity index (χ4n) is 4.71. The van der Waals surface area contributed by atoms with Crippen LogP contribution in [0.2, 0.25) is 0 Å². The van der Waals surface area contributed by atoms with Gasteiger partial charge in [-0.3, -0.25) is 9.36 Å². The smallest absolute Gasteiger partial charge is 0.306 e. The second kappa shape index (κ2) is 32.7. The van der Waals surface area contributed by atoms with Crippen molar-refractivity contribution in [3.8, 4) is 0 Å². The standard InChI is InChI=1S/C39H72NO7P/c1-6-8-10-12-14-16-18-19-20-21-22-23-25-27-29-31-34-44-36-38(37-46-48(42,43)45-35-33-40(3,4)5)47-39(41)32-30-28-26-24-17-15-13-11-9-7-2/h8,10,14,16,19-20,22-23,38H,6-7,9,11-13,15,17-18,21,24-37H2,1-5H3/b10-8-,16-14-,20-19-,23-22-. The SMILES string of the molecule is CC/C=C\C/C=C\C/C=C\C/C=C\CCCCCOCC(COP(=O)([O-])OCC[N+](C)(C)C)OC(=O)CCCCCCCCCCCC. The molecule has 0 aliphatic heterocycles. The summed E-state index contributed by atoms with van der Waals surface area (Å²) in [5, 5.41) is 0. The van der Waals surface area contributed by atoms with Crippen LogP contribution in [0.15, 0.2) is 48.6 Å². The van der Waals surface area contributed by atoms with E-state index in [9.17, 15) is 14.3 Å². The van der Waals surface area contributed by atoms with Gasteiger partial charge in [-0.25, -0.2) is 0 Å². The van der Waals surface area contributed by atoms with E-state index in [1.165, 1.54) is 44.9 Å². The molecule has 9 heteroatoms. The maximum Gasteiger partial charge on any atom is 0.306 e. The van der Waals surface area contributed by atoms with Crippen molar-refractivity contribution in [2.45, 2.75) is 142 Å². The van der Waals surface area contributed by atoms with Crippen LogP contribution >= 0.6 is 7.82 Å². The van der Waals surface area contributed by atoms with Gasteiger partial charge in [-0.05, 0) is 51.4 Å². The molecule has 0 saturated heterocycles. The molecule has 0 aromatic rings. The minimum atomic E-state index is -4.52. The van der Waals surface area contributed by atoms with E-state index in [0.29, 0.717) is 24.1 Å². The average molecular weight is 698 g/mol. The zero-order chi connectivity index (χ0) is 35.6. The Kier molecular flexibility index (Phi) is 31.6. The van der Waals surface area contributed by atoms with Gasteiger partial charge >= 0.3 is 5.97 Å². The van der Waals surface area contributed by atoms with Gasteiger partial charge in [0.05, 0.1) is 34.4 Å². The van der Waals surface area contributed by atoms with Gasteiger partial charge in [-0.15, -0.1) is 0 Å². The Morgan fingerprint density at radius 3 is 1.79 bits per heavy atom. The van der Waals surface area contributed by atoms with Gasteiger partial charge in [0.1, 0.15) is 19.3 Å². The van der Waals surface area contributed by atoms with E-state index in [1.807, 2.05) is 21.1 Å². The molecule has 0 rings (SSSR count). The van der Waals surface area contributed by atoms with Crippen LogP contribution < -0.4 is 4.89 Å². The van der Waals surface area contributed by atoms with E-state index in [1.54, 1.807) is 0 Å². The molecule has 2 unspecified atom stereocenters. The van der Waals surface area contributed by atoms with Gasteiger partial charge in [0.2, 0.25) is 0 Å². The number of hydrogen-bond donors (Lipinski definition) is 0. The van der Waals surface area contributed by atoms with Crippen LogP contribution in [0.5, 0.6) is 0 Å². The molecule has 0 N–H and O–H groups in total. The summed E-state index contributed by atoms with van der Waals surface area (Å²) in [4.78, 5) is 24.9. The molecular formula is C39H72NO7P. The molecule has 0 aliphatic rings. The Morgan fingerprint density at radius 2 is 1.21 bits per heavy atom. The lowest BCUT2D eigenvalue weighted by Crippen LogP contribution is -2.37. The van der Waals surface area contributed by atoms with E-state index >= 15 is 0 Å². The van der Waals surface area contributed by atoms with E-state index in [0.717, 1.165) is 70.6 Å². The molecule has 48 heavy (non-hydrogen) atoms. The molecule has 0 aliphatic carbocycles. The maximum absolute atomic E-state index is 12.6. The van der Waals surface area contributed by atoms with E-state index in [4.69, 9.17) is 18.5 Å². The molecule has 0 aromatic carbocycles. The minimum absolute atomic E-state index is 0.0187. The van der Waals surface area contributed by atoms with E-state index in [2.05, 4.69) is 62.5 Å². The molecular weight excluding hydrogens is 625 g/mol. The summed E-state index contributed by atoms with van der Waals surface area (Å²) < 4.78 is 34.3. The highest BCUT2D eigenvalue weighted by Gasteiger charge is 2.20. The van der Waals surface area contributed by atoms with Gasteiger partial charge in [0.15, 0.2) is 0 Å². The fourth-order valence-corrected chi connectivity index (χ4v) is 5.44. The highest BCUT2D eigenvalue weighted by atomic mass is 31.2. The van der Waals surface area contributed by atoms with Crippen molar-refractivity contribution in [2.75, 3.05) is 54.1 Å². The first-order valence-electron chi connectivity index (χ1n) is 18.9. The van der Waals surface area contributed by atoms with Gasteiger partial charge in [0.25, 0.3) is 7.82 Å². The summed E-state index contributed by atoms with van der Waals surface area (Å²) in [6, 6.07) is 0. The summed E-state index contributed by atoms with van der Waals surface area (Å²) in [5.74, 6) is -0.351. The number of likely N-dealkylation sites (N-methyl/N-ethyl adjacent to an activating group) is 1. The number of allylic oxidation sites excluding steroid dienone is 8. The third kappa shape index (κ3) is 35.8. The number of esters is 1. The van der Waals surface area contributed by atoms with Gasteiger partial charge in [-0.2, -0.15) is 0 Å². The molecule has 8 nitrogen and oxygen atoms in total. The maximum atomic E-state index is 12.6. The van der Waals surface area contributed by atoms with Crippen LogP contribution in [0.3, 0.4) is 0 Å². The van der Waals surface area contributed by atoms with Crippen molar-refractivity contribution in [3.05, 3.63) is 48.6 Å². The first kappa shape index (κ1) is 46.5. The molecule has 0 aromatic heterocycles. The highest BCUT2D eigenvalue weighted by molar-refractivity contribution is 7.45. The van der Waals surface area contributed by atoms with Crippen molar-refractivity contribution < 1.29 is 37.3 Å². The summed E-state index contributed by atoms with van der Waals surface area (Å²) in [6.45, 7) is 5.18. The molecule has 0 saturated carbocycles. The predicted molar refractivity (Wildman–Crippen MR) is 199 cm³/mol. The Morgan fingerprint density at radius 1 is 0.667 bits per heavy atom. The zero-order valence-electron chi connectivity index (χ0n) is 31.4. The third-order valence-electron chi connectivity index (χ3n) is 7.64. The number of carbonyl (C=O) groups is 1. The second-order valence-electron chi connectivity index (χ2n) is 13.6. The van der Waals surface area contributed by atoms with Crippen molar-refractivity contribution in [1.29, 1.82) is 0 Å². The van der Waals surface area contributed by atoms with Crippen molar-refractivity contribution in [1.82, 2.24) is 0 Å². The quantitative estimate of drug-likeness (QED) is 0.0217. The topological polar surface area (TPSA) is 94.1 Å². The van der Waals surface area contributed by atoms with E-state index < -0.39 is 13.9 Å².